The Morgan fingerprint density at radius 2 is 1.94 bits per heavy atom. The summed E-state index contributed by atoms with van der Waals surface area (Å²) in [6.07, 6.45) is 10.2. The third-order valence-electron chi connectivity index (χ3n) is 5.35. The Balaban J connectivity index is 1.92. The largest absolute Gasteiger partial charge is 0.497 e. The van der Waals surface area contributed by atoms with Crippen molar-refractivity contribution in [3.63, 3.8) is 0 Å². The average Bonchev–Trinajstić information content (AvgIpc) is 2.98. The lowest BCUT2D eigenvalue weighted by Gasteiger charge is -2.23. The Morgan fingerprint density at radius 1 is 1.13 bits per heavy atom. The molecular formula is C27H32N2OS. The van der Waals surface area contributed by atoms with Crippen LogP contribution in [-0.2, 0) is 16.6 Å². The quantitative estimate of drug-likeness (QED) is 0.463. The molecule has 31 heavy (non-hydrogen) atoms. The van der Waals surface area contributed by atoms with Crippen molar-refractivity contribution in [2.75, 3.05) is 12.4 Å². The van der Waals surface area contributed by atoms with Crippen molar-refractivity contribution in [2.24, 2.45) is 5.14 Å². The summed E-state index contributed by atoms with van der Waals surface area (Å²) in [4.78, 5) is 1.01. The Morgan fingerprint density at radius 3 is 2.65 bits per heavy atom. The molecule has 0 radical (unpaired) electrons. The molecule has 1 aliphatic carbocycles. The zero-order valence-corrected chi connectivity index (χ0v) is 19.7. The lowest BCUT2D eigenvalue weighted by atomic mass is 9.83. The number of hydrogen-bond acceptors (Lipinski definition) is 4. The van der Waals surface area contributed by atoms with Crippen LogP contribution in [0.5, 0.6) is 0 Å². The minimum absolute atomic E-state index is 0.0766. The monoisotopic (exact) mass is 432 g/mol. The van der Waals surface area contributed by atoms with Gasteiger partial charge in [0.1, 0.15) is 5.76 Å². The van der Waals surface area contributed by atoms with Crippen molar-refractivity contribution in [3.8, 4) is 0 Å². The molecule has 3 nitrogen and oxygen atoms in total. The van der Waals surface area contributed by atoms with Crippen LogP contribution in [-0.4, -0.2) is 7.11 Å². The van der Waals surface area contributed by atoms with E-state index >= 15 is 0 Å². The molecule has 0 aromatic heterocycles. The van der Waals surface area contributed by atoms with Gasteiger partial charge >= 0.3 is 0 Å². The molecule has 0 atom stereocenters. The Labute approximate surface area is 190 Å². The first-order valence-electron chi connectivity index (χ1n) is 10.5. The van der Waals surface area contributed by atoms with Crippen molar-refractivity contribution in [2.45, 2.75) is 43.9 Å². The van der Waals surface area contributed by atoms with Crippen LogP contribution in [0.1, 0.15) is 43.9 Å². The van der Waals surface area contributed by atoms with Crippen LogP contribution in [0.4, 0.5) is 5.69 Å². The molecular weight excluding hydrogens is 400 g/mol. The molecule has 0 heterocycles. The van der Waals surface area contributed by atoms with E-state index in [-0.39, 0.29) is 5.41 Å². The summed E-state index contributed by atoms with van der Waals surface area (Å²) < 4.78 is 5.39. The van der Waals surface area contributed by atoms with Gasteiger partial charge in [0.25, 0.3) is 0 Å². The molecule has 3 N–H and O–H groups in total. The molecule has 0 amide bonds. The van der Waals surface area contributed by atoms with Crippen LogP contribution in [0, 0.1) is 0 Å². The molecule has 162 valence electrons. The zero-order valence-electron chi connectivity index (χ0n) is 18.9. The molecule has 0 saturated heterocycles. The molecule has 3 rings (SSSR count). The highest BCUT2D eigenvalue weighted by Gasteiger charge is 2.17. The smallest absolute Gasteiger partial charge is 0.115 e. The Bertz CT molecular complexity index is 1040. The average molecular weight is 433 g/mol. The fourth-order valence-corrected chi connectivity index (χ4v) is 3.90. The van der Waals surface area contributed by atoms with E-state index in [0.717, 1.165) is 40.4 Å². The second-order valence-electron chi connectivity index (χ2n) is 8.71. The van der Waals surface area contributed by atoms with Gasteiger partial charge in [-0.1, -0.05) is 63.8 Å². The fourth-order valence-electron chi connectivity index (χ4n) is 3.54. The molecule has 2 aromatic rings. The molecule has 4 heteroatoms. The van der Waals surface area contributed by atoms with Crippen LogP contribution < -0.4 is 10.5 Å². The highest BCUT2D eigenvalue weighted by molar-refractivity contribution is 7.97. The van der Waals surface area contributed by atoms with Crippen LogP contribution in [0.15, 0.2) is 89.6 Å². The maximum absolute atomic E-state index is 5.72. The van der Waals surface area contributed by atoms with Gasteiger partial charge < -0.3 is 10.1 Å². The van der Waals surface area contributed by atoms with Gasteiger partial charge in [-0.25, -0.2) is 0 Å². The number of anilines is 1. The van der Waals surface area contributed by atoms with E-state index in [1.165, 1.54) is 28.6 Å². The first kappa shape index (κ1) is 23.0. The number of nitrogens with one attached hydrogen (secondary N) is 1. The summed E-state index contributed by atoms with van der Waals surface area (Å²) in [6.45, 7) is 11.1. The van der Waals surface area contributed by atoms with Gasteiger partial charge in [-0.05, 0) is 77.3 Å². The van der Waals surface area contributed by atoms with Gasteiger partial charge in [-0.3, -0.25) is 5.14 Å². The first-order chi connectivity index (χ1) is 14.8. The predicted molar refractivity (Wildman–Crippen MR) is 135 cm³/mol. The summed E-state index contributed by atoms with van der Waals surface area (Å²) in [6, 6.07) is 14.8. The standard InChI is InChI=1S/C27H32N2OS/c1-19(29-23-9-7-11-25(18-23)31-28)26-15-13-22(27(2,3)4)17-21(26)16-20-8-6-10-24(30-5)14-12-20/h7-15,17-18,29H,1,6,16,28H2,2-5H3. The lowest BCUT2D eigenvalue weighted by molar-refractivity contribution is 0.306. The van der Waals surface area contributed by atoms with Crippen molar-refractivity contribution in [3.05, 3.63) is 101 Å². The number of nitrogens with two attached hydrogens (primary N) is 1. The third kappa shape index (κ3) is 6.16. The fraction of sp³-hybridized carbons (Fsp3) is 0.259. The van der Waals surface area contributed by atoms with Crippen molar-refractivity contribution in [1.29, 1.82) is 0 Å². The van der Waals surface area contributed by atoms with Gasteiger partial charge in [0.15, 0.2) is 0 Å². The third-order valence-corrected chi connectivity index (χ3v) is 5.88. The molecule has 0 saturated carbocycles. The van der Waals surface area contributed by atoms with Crippen LogP contribution in [0.25, 0.3) is 5.70 Å². The first-order valence-corrected chi connectivity index (χ1v) is 11.4. The van der Waals surface area contributed by atoms with Gasteiger partial charge in [0, 0.05) is 21.8 Å². The number of methoxy groups -OCH3 is 1. The van der Waals surface area contributed by atoms with Gasteiger partial charge in [-0.2, -0.15) is 0 Å². The SMILES string of the molecule is C=C(Nc1cccc(SN)c1)c1ccc(C(C)(C)C)cc1CC1=CCC=C(OC)C=C1. The van der Waals surface area contributed by atoms with Crippen LogP contribution in [0.3, 0.4) is 0 Å². The lowest BCUT2D eigenvalue weighted by Crippen LogP contribution is -2.13. The van der Waals surface area contributed by atoms with Crippen LogP contribution in [0.2, 0.25) is 0 Å². The Kier molecular flexibility index (Phi) is 7.47. The second kappa shape index (κ2) is 10.1. The van der Waals surface area contributed by atoms with Gasteiger partial charge in [0.2, 0.25) is 0 Å². The van der Waals surface area contributed by atoms with E-state index in [1.54, 1.807) is 7.11 Å². The molecule has 0 fully saturated rings. The minimum atomic E-state index is 0.0766. The molecule has 1 aliphatic rings. The normalized spacial score (nSPS) is 13.8. The molecule has 0 aliphatic heterocycles. The highest BCUT2D eigenvalue weighted by atomic mass is 32.2. The predicted octanol–water partition coefficient (Wildman–Crippen LogP) is 6.99. The number of hydrogen-bond donors (Lipinski definition) is 2. The van der Waals surface area contributed by atoms with E-state index < -0.39 is 0 Å². The number of allylic oxidation sites excluding steroid dienone is 5. The summed E-state index contributed by atoms with van der Waals surface area (Å²) in [5.41, 5.74) is 6.90. The topological polar surface area (TPSA) is 47.3 Å². The maximum atomic E-state index is 5.72. The molecule has 2 aromatic carbocycles. The highest BCUT2D eigenvalue weighted by Crippen LogP contribution is 2.30. The molecule has 0 bridgehead atoms. The van der Waals surface area contributed by atoms with Gasteiger partial charge in [-0.15, -0.1) is 0 Å². The van der Waals surface area contributed by atoms with Crippen molar-refractivity contribution >= 4 is 23.3 Å². The molecule has 0 unspecified atom stereocenters. The van der Waals surface area contributed by atoms with Crippen molar-refractivity contribution in [1.82, 2.24) is 0 Å². The number of rotatable bonds is 7. The summed E-state index contributed by atoms with van der Waals surface area (Å²) in [5.74, 6) is 0.902. The summed E-state index contributed by atoms with van der Waals surface area (Å²) in [7, 11) is 1.71. The van der Waals surface area contributed by atoms with E-state index in [9.17, 15) is 0 Å². The van der Waals surface area contributed by atoms with E-state index in [2.05, 4.69) is 69.1 Å². The Hall–Kier alpha value is -2.69. The summed E-state index contributed by atoms with van der Waals surface area (Å²) in [5, 5.41) is 9.19. The van der Waals surface area contributed by atoms with E-state index in [1.807, 2.05) is 30.3 Å². The second-order valence-corrected chi connectivity index (χ2v) is 9.41. The van der Waals surface area contributed by atoms with E-state index in [0.29, 0.717) is 0 Å². The van der Waals surface area contributed by atoms with Crippen LogP contribution >= 0.6 is 11.9 Å². The number of benzene rings is 2. The van der Waals surface area contributed by atoms with Crippen molar-refractivity contribution < 1.29 is 4.74 Å². The van der Waals surface area contributed by atoms with E-state index in [4.69, 9.17) is 9.88 Å². The molecule has 0 spiro atoms. The minimum Gasteiger partial charge on any atom is -0.497 e. The zero-order chi connectivity index (χ0) is 22.4. The maximum Gasteiger partial charge on any atom is 0.115 e. The number of ether oxygens (including phenoxy) is 1. The summed E-state index contributed by atoms with van der Waals surface area (Å²) >= 11 is 1.24. The van der Waals surface area contributed by atoms with Gasteiger partial charge in [0.05, 0.1) is 7.11 Å².